The summed E-state index contributed by atoms with van der Waals surface area (Å²) in [6.45, 7) is 8.28. The van der Waals surface area contributed by atoms with Gasteiger partial charge in [-0.05, 0) is 74.0 Å². The van der Waals surface area contributed by atoms with Gasteiger partial charge in [0, 0.05) is 13.1 Å². The summed E-state index contributed by atoms with van der Waals surface area (Å²) < 4.78 is 5.35. The molecule has 0 aromatic heterocycles. The Morgan fingerprint density at radius 2 is 1.95 bits per heavy atom. The van der Waals surface area contributed by atoms with E-state index in [1.165, 1.54) is 56.6 Å². The van der Waals surface area contributed by atoms with Crippen LogP contribution in [0.5, 0.6) is 5.75 Å². The molecule has 1 spiro atoms. The lowest BCUT2D eigenvalue weighted by Gasteiger charge is -2.34. The van der Waals surface area contributed by atoms with Crippen molar-refractivity contribution in [1.82, 2.24) is 10.2 Å². The Morgan fingerprint density at radius 3 is 2.64 bits per heavy atom. The lowest BCUT2D eigenvalue weighted by molar-refractivity contribution is 0.194. The number of nitrogens with one attached hydrogen (secondary N) is 1. The Kier molecular flexibility index (Phi) is 6.13. The molecule has 2 aliphatic rings. The van der Waals surface area contributed by atoms with Crippen molar-refractivity contribution in [2.45, 2.75) is 39.2 Å². The van der Waals surface area contributed by atoms with Crippen molar-refractivity contribution in [3.63, 3.8) is 0 Å². The van der Waals surface area contributed by atoms with Gasteiger partial charge in [-0.1, -0.05) is 13.0 Å². The minimum absolute atomic E-state index is 0. The molecule has 2 saturated heterocycles. The van der Waals surface area contributed by atoms with Crippen LogP contribution >= 0.6 is 12.4 Å². The van der Waals surface area contributed by atoms with Gasteiger partial charge in [-0.25, -0.2) is 0 Å². The summed E-state index contributed by atoms with van der Waals surface area (Å²) >= 11 is 0. The maximum absolute atomic E-state index is 5.35. The second-order valence-electron chi connectivity index (χ2n) is 6.70. The van der Waals surface area contributed by atoms with Crippen LogP contribution in [0.15, 0.2) is 18.2 Å². The van der Waals surface area contributed by atoms with Crippen LogP contribution in [0.25, 0.3) is 0 Å². The second kappa shape index (κ2) is 7.67. The molecule has 2 aliphatic heterocycles. The van der Waals surface area contributed by atoms with Crippen LogP contribution in [0.3, 0.4) is 0 Å². The Morgan fingerprint density at radius 1 is 1.18 bits per heavy atom. The van der Waals surface area contributed by atoms with Crippen LogP contribution in [-0.4, -0.2) is 38.2 Å². The van der Waals surface area contributed by atoms with Crippen molar-refractivity contribution >= 4 is 12.4 Å². The summed E-state index contributed by atoms with van der Waals surface area (Å²) in [6.07, 6.45) is 5.17. The maximum Gasteiger partial charge on any atom is 0.119 e. The molecular weight excluding hydrogens is 296 g/mol. The monoisotopic (exact) mass is 324 g/mol. The Balaban J connectivity index is 0.00000176. The van der Waals surface area contributed by atoms with Crippen molar-refractivity contribution in [2.24, 2.45) is 5.41 Å². The standard InChI is InChI=1S/C18H28N2O.ClH/c1-3-15-12-17(21-2)5-4-16(15)13-20-11-8-18(14-20)6-9-19-10-7-18;/h4-5,12,19H,3,6-11,13-14H2,1-2H3;1H. The molecule has 124 valence electrons. The molecule has 1 aromatic carbocycles. The zero-order valence-electron chi connectivity index (χ0n) is 13.9. The molecule has 2 heterocycles. The minimum atomic E-state index is 0. The van der Waals surface area contributed by atoms with Crippen LogP contribution in [0.4, 0.5) is 0 Å². The smallest absolute Gasteiger partial charge is 0.119 e. The fourth-order valence-corrected chi connectivity index (χ4v) is 3.98. The molecular formula is C18H29ClN2O. The molecule has 3 rings (SSSR count). The number of methoxy groups -OCH3 is 1. The van der Waals surface area contributed by atoms with Crippen molar-refractivity contribution in [1.29, 1.82) is 0 Å². The van der Waals surface area contributed by atoms with E-state index in [4.69, 9.17) is 4.74 Å². The first-order valence-corrected chi connectivity index (χ1v) is 8.33. The molecule has 0 bridgehead atoms. The largest absolute Gasteiger partial charge is 0.497 e. The summed E-state index contributed by atoms with van der Waals surface area (Å²) in [4.78, 5) is 2.66. The normalized spacial score (nSPS) is 20.8. The number of hydrogen-bond donors (Lipinski definition) is 1. The van der Waals surface area contributed by atoms with Gasteiger partial charge in [0.05, 0.1) is 7.11 Å². The van der Waals surface area contributed by atoms with E-state index in [-0.39, 0.29) is 12.4 Å². The van der Waals surface area contributed by atoms with Gasteiger partial charge in [-0.3, -0.25) is 4.90 Å². The van der Waals surface area contributed by atoms with E-state index < -0.39 is 0 Å². The SMILES string of the molecule is CCc1cc(OC)ccc1CN1CCC2(CCNCC2)C1.Cl. The first-order chi connectivity index (χ1) is 10.2. The lowest BCUT2D eigenvalue weighted by Crippen LogP contribution is -2.38. The third-order valence-corrected chi connectivity index (χ3v) is 5.37. The second-order valence-corrected chi connectivity index (χ2v) is 6.70. The predicted octanol–water partition coefficient (Wildman–Crippen LogP) is 3.25. The van der Waals surface area contributed by atoms with Crippen molar-refractivity contribution < 1.29 is 4.74 Å². The molecule has 4 heteroatoms. The number of rotatable bonds is 4. The van der Waals surface area contributed by atoms with E-state index >= 15 is 0 Å². The van der Waals surface area contributed by atoms with Gasteiger partial charge in [0.1, 0.15) is 5.75 Å². The Bertz CT molecular complexity index is 486. The quantitative estimate of drug-likeness (QED) is 0.920. The summed E-state index contributed by atoms with van der Waals surface area (Å²) in [7, 11) is 1.75. The van der Waals surface area contributed by atoms with E-state index in [9.17, 15) is 0 Å². The summed E-state index contributed by atoms with van der Waals surface area (Å²) in [5, 5.41) is 3.50. The average Bonchev–Trinajstić information content (AvgIpc) is 2.90. The molecule has 0 saturated carbocycles. The van der Waals surface area contributed by atoms with E-state index in [2.05, 4.69) is 35.3 Å². The highest BCUT2D eigenvalue weighted by Gasteiger charge is 2.38. The van der Waals surface area contributed by atoms with Gasteiger partial charge in [0.15, 0.2) is 0 Å². The summed E-state index contributed by atoms with van der Waals surface area (Å²) in [5.74, 6) is 0.979. The molecule has 0 aliphatic carbocycles. The molecule has 0 unspecified atom stereocenters. The van der Waals surface area contributed by atoms with Crippen LogP contribution in [0.2, 0.25) is 0 Å². The number of nitrogens with zero attached hydrogens (tertiary/aromatic N) is 1. The van der Waals surface area contributed by atoms with E-state index in [1.807, 2.05) is 0 Å². The molecule has 1 aromatic rings. The zero-order valence-corrected chi connectivity index (χ0v) is 14.7. The van der Waals surface area contributed by atoms with E-state index in [0.29, 0.717) is 5.41 Å². The summed E-state index contributed by atoms with van der Waals surface area (Å²) in [6, 6.07) is 6.56. The minimum Gasteiger partial charge on any atom is -0.497 e. The highest BCUT2D eigenvalue weighted by molar-refractivity contribution is 5.85. The van der Waals surface area contributed by atoms with Crippen molar-refractivity contribution in [3.05, 3.63) is 29.3 Å². The zero-order chi connectivity index (χ0) is 14.7. The fourth-order valence-electron chi connectivity index (χ4n) is 3.98. The van der Waals surface area contributed by atoms with E-state index in [1.54, 1.807) is 7.11 Å². The number of piperidine rings is 1. The third-order valence-electron chi connectivity index (χ3n) is 5.37. The van der Waals surface area contributed by atoms with Gasteiger partial charge in [-0.15, -0.1) is 12.4 Å². The third kappa shape index (κ3) is 3.76. The average molecular weight is 325 g/mol. The highest BCUT2D eigenvalue weighted by atomic mass is 35.5. The number of likely N-dealkylation sites (tertiary alicyclic amines) is 1. The molecule has 0 radical (unpaired) electrons. The molecule has 0 amide bonds. The molecule has 3 nitrogen and oxygen atoms in total. The molecule has 1 N–H and O–H groups in total. The van der Waals surface area contributed by atoms with Crippen molar-refractivity contribution in [2.75, 3.05) is 33.3 Å². The fraction of sp³-hybridized carbons (Fsp3) is 0.667. The van der Waals surface area contributed by atoms with Crippen LogP contribution in [0, 0.1) is 5.41 Å². The number of benzene rings is 1. The van der Waals surface area contributed by atoms with Crippen LogP contribution in [-0.2, 0) is 13.0 Å². The van der Waals surface area contributed by atoms with Crippen LogP contribution < -0.4 is 10.1 Å². The highest BCUT2D eigenvalue weighted by Crippen LogP contribution is 2.39. The number of aryl methyl sites for hydroxylation is 1. The lowest BCUT2D eigenvalue weighted by atomic mass is 9.78. The van der Waals surface area contributed by atoms with E-state index in [0.717, 1.165) is 18.7 Å². The van der Waals surface area contributed by atoms with Gasteiger partial charge >= 0.3 is 0 Å². The Labute approximate surface area is 140 Å². The summed E-state index contributed by atoms with van der Waals surface area (Å²) in [5.41, 5.74) is 3.51. The number of hydrogen-bond acceptors (Lipinski definition) is 3. The Hall–Kier alpha value is -0.770. The van der Waals surface area contributed by atoms with Crippen LogP contribution in [0.1, 0.15) is 37.3 Å². The first kappa shape index (κ1) is 17.6. The molecule has 0 atom stereocenters. The van der Waals surface area contributed by atoms with Gasteiger partial charge in [0.25, 0.3) is 0 Å². The van der Waals surface area contributed by atoms with Gasteiger partial charge in [-0.2, -0.15) is 0 Å². The van der Waals surface area contributed by atoms with Gasteiger partial charge in [0.2, 0.25) is 0 Å². The van der Waals surface area contributed by atoms with Crippen molar-refractivity contribution in [3.8, 4) is 5.75 Å². The molecule has 2 fully saturated rings. The maximum atomic E-state index is 5.35. The number of ether oxygens (including phenoxy) is 1. The van der Waals surface area contributed by atoms with Gasteiger partial charge < -0.3 is 10.1 Å². The predicted molar refractivity (Wildman–Crippen MR) is 94.1 cm³/mol. The topological polar surface area (TPSA) is 24.5 Å². The first-order valence-electron chi connectivity index (χ1n) is 8.33. The molecule has 22 heavy (non-hydrogen) atoms. The number of halogens is 1.